The molecule has 0 atom stereocenters. The van der Waals surface area contributed by atoms with Gasteiger partial charge in [-0.2, -0.15) is 5.10 Å². The molecule has 4 aromatic rings. The molecule has 146 valence electrons. The van der Waals surface area contributed by atoms with Crippen molar-refractivity contribution < 1.29 is 4.79 Å². The molecular weight excluding hydrogens is 406 g/mol. The van der Waals surface area contributed by atoms with Crippen LogP contribution in [0.15, 0.2) is 60.0 Å². The van der Waals surface area contributed by atoms with E-state index in [4.69, 9.17) is 11.6 Å². The normalized spacial score (nSPS) is 11.0. The summed E-state index contributed by atoms with van der Waals surface area (Å²) in [6, 6.07) is 13.3. The zero-order valence-corrected chi connectivity index (χ0v) is 17.5. The van der Waals surface area contributed by atoms with E-state index < -0.39 is 0 Å². The van der Waals surface area contributed by atoms with E-state index in [0.717, 1.165) is 27.9 Å². The van der Waals surface area contributed by atoms with Crippen LogP contribution >= 0.6 is 23.4 Å². The Kier molecular flexibility index (Phi) is 5.51. The number of carbonyl (C=O) groups excluding carboxylic acids is 1. The average molecular weight is 424 g/mol. The number of aryl methyl sites for hydroxylation is 1. The first-order valence-corrected chi connectivity index (χ1v) is 10.3. The number of fused-ring (bicyclic) bond motifs is 1. The Bertz CT molecular complexity index is 1210. The molecular formula is C21H18ClN5OS. The van der Waals surface area contributed by atoms with E-state index in [9.17, 15) is 4.79 Å². The van der Waals surface area contributed by atoms with Gasteiger partial charge in [0.25, 0.3) is 0 Å². The molecule has 0 saturated carbocycles. The minimum absolute atomic E-state index is 0.0855. The van der Waals surface area contributed by atoms with Crippen molar-refractivity contribution in [1.82, 2.24) is 19.7 Å². The maximum Gasteiger partial charge on any atom is 0.234 e. The average Bonchev–Trinajstić information content (AvgIpc) is 3.15. The van der Waals surface area contributed by atoms with Crippen molar-refractivity contribution in [3.05, 3.63) is 71.1 Å². The largest absolute Gasteiger partial charge is 0.325 e. The van der Waals surface area contributed by atoms with Gasteiger partial charge in [-0.15, -0.1) is 0 Å². The van der Waals surface area contributed by atoms with Crippen LogP contribution in [-0.2, 0) is 4.79 Å². The fourth-order valence-electron chi connectivity index (χ4n) is 2.94. The molecule has 0 aliphatic carbocycles. The highest BCUT2D eigenvalue weighted by molar-refractivity contribution is 8.00. The number of carbonyl (C=O) groups is 1. The first-order valence-electron chi connectivity index (χ1n) is 8.96. The molecule has 4 rings (SSSR count). The van der Waals surface area contributed by atoms with E-state index in [1.165, 1.54) is 18.1 Å². The lowest BCUT2D eigenvalue weighted by Crippen LogP contribution is -2.15. The third-order valence-corrected chi connectivity index (χ3v) is 5.84. The Balaban J connectivity index is 1.53. The number of aromatic nitrogens is 4. The molecule has 6 nitrogen and oxygen atoms in total. The molecule has 0 radical (unpaired) electrons. The van der Waals surface area contributed by atoms with Crippen molar-refractivity contribution >= 4 is 46.0 Å². The highest BCUT2D eigenvalue weighted by Crippen LogP contribution is 2.27. The van der Waals surface area contributed by atoms with Gasteiger partial charge in [-0.05, 0) is 49.2 Å². The van der Waals surface area contributed by atoms with Gasteiger partial charge in [-0.3, -0.25) is 4.79 Å². The summed E-state index contributed by atoms with van der Waals surface area (Å²) in [4.78, 5) is 21.1. The SMILES string of the molecule is Cc1cccc(NC(=O)CSc2ncnc3c2cnn3-c2cccc(Cl)c2)c1C. The van der Waals surface area contributed by atoms with Gasteiger partial charge in [-0.1, -0.05) is 41.6 Å². The second-order valence-electron chi connectivity index (χ2n) is 6.54. The molecule has 29 heavy (non-hydrogen) atoms. The highest BCUT2D eigenvalue weighted by Gasteiger charge is 2.14. The predicted molar refractivity (Wildman–Crippen MR) is 117 cm³/mol. The van der Waals surface area contributed by atoms with Gasteiger partial charge in [0, 0.05) is 10.7 Å². The Morgan fingerprint density at radius 2 is 2.00 bits per heavy atom. The molecule has 1 N–H and O–H groups in total. The number of halogens is 1. The zero-order valence-electron chi connectivity index (χ0n) is 15.9. The number of hydrogen-bond donors (Lipinski definition) is 1. The van der Waals surface area contributed by atoms with Gasteiger partial charge in [0.1, 0.15) is 11.4 Å². The van der Waals surface area contributed by atoms with Gasteiger partial charge < -0.3 is 5.32 Å². The van der Waals surface area contributed by atoms with Crippen molar-refractivity contribution in [2.75, 3.05) is 11.1 Å². The fraction of sp³-hybridized carbons (Fsp3) is 0.143. The summed E-state index contributed by atoms with van der Waals surface area (Å²) >= 11 is 7.45. The number of nitrogens with one attached hydrogen (secondary N) is 1. The van der Waals surface area contributed by atoms with Crippen molar-refractivity contribution in [3.63, 3.8) is 0 Å². The highest BCUT2D eigenvalue weighted by atomic mass is 35.5. The van der Waals surface area contributed by atoms with Crippen LogP contribution in [0.2, 0.25) is 5.02 Å². The van der Waals surface area contributed by atoms with Crippen LogP contribution in [0.25, 0.3) is 16.7 Å². The molecule has 0 spiro atoms. The Morgan fingerprint density at radius 1 is 1.17 bits per heavy atom. The maximum absolute atomic E-state index is 12.4. The number of amides is 1. The van der Waals surface area contributed by atoms with Crippen LogP contribution in [0.5, 0.6) is 0 Å². The maximum atomic E-state index is 12.4. The standard InChI is InChI=1S/C21H18ClN5OS/c1-13-5-3-8-18(14(13)2)26-19(28)11-29-21-17-10-25-27(20(17)23-12-24-21)16-7-4-6-15(22)9-16/h3-10,12H,11H2,1-2H3,(H,26,28). The van der Waals surface area contributed by atoms with Crippen molar-refractivity contribution in [1.29, 1.82) is 0 Å². The Morgan fingerprint density at radius 3 is 2.83 bits per heavy atom. The summed E-state index contributed by atoms with van der Waals surface area (Å²) in [6.45, 7) is 4.02. The summed E-state index contributed by atoms with van der Waals surface area (Å²) in [7, 11) is 0. The summed E-state index contributed by atoms with van der Waals surface area (Å²) in [5.41, 5.74) is 4.52. The topological polar surface area (TPSA) is 72.7 Å². The summed E-state index contributed by atoms with van der Waals surface area (Å²) in [5.74, 6) is 0.152. The van der Waals surface area contributed by atoms with Gasteiger partial charge in [0.15, 0.2) is 5.65 Å². The molecule has 0 bridgehead atoms. The molecule has 0 saturated heterocycles. The number of rotatable bonds is 5. The molecule has 2 aromatic carbocycles. The summed E-state index contributed by atoms with van der Waals surface area (Å²) in [6.07, 6.45) is 3.19. The molecule has 1 amide bonds. The number of hydrogen-bond acceptors (Lipinski definition) is 5. The van der Waals surface area contributed by atoms with Crippen molar-refractivity contribution in [2.24, 2.45) is 0 Å². The number of nitrogens with zero attached hydrogens (tertiary/aromatic N) is 4. The van der Waals surface area contributed by atoms with Crippen LogP contribution < -0.4 is 5.32 Å². The first kappa shape index (κ1) is 19.4. The van der Waals surface area contributed by atoms with Crippen molar-refractivity contribution in [3.8, 4) is 5.69 Å². The Labute approximate surface area is 177 Å². The van der Waals surface area contributed by atoms with E-state index in [1.807, 2.05) is 56.3 Å². The monoisotopic (exact) mass is 423 g/mol. The van der Waals surface area contributed by atoms with Crippen LogP contribution in [0.3, 0.4) is 0 Å². The second-order valence-corrected chi connectivity index (χ2v) is 7.94. The van der Waals surface area contributed by atoms with E-state index in [1.54, 1.807) is 10.9 Å². The Hall–Kier alpha value is -2.90. The van der Waals surface area contributed by atoms with Crippen LogP contribution in [0, 0.1) is 13.8 Å². The molecule has 2 heterocycles. The van der Waals surface area contributed by atoms with Gasteiger partial charge in [-0.25, -0.2) is 14.6 Å². The predicted octanol–water partition coefficient (Wildman–Crippen LogP) is 4.82. The van der Waals surface area contributed by atoms with Crippen molar-refractivity contribution in [2.45, 2.75) is 18.9 Å². The third kappa shape index (κ3) is 4.11. The molecule has 0 aliphatic rings. The van der Waals surface area contributed by atoms with Gasteiger partial charge >= 0.3 is 0 Å². The lowest BCUT2D eigenvalue weighted by Gasteiger charge is -2.10. The minimum atomic E-state index is -0.0855. The molecule has 8 heteroatoms. The minimum Gasteiger partial charge on any atom is -0.325 e. The molecule has 0 fully saturated rings. The van der Waals surface area contributed by atoms with Crippen LogP contribution in [0.4, 0.5) is 5.69 Å². The van der Waals surface area contributed by atoms with Crippen LogP contribution in [-0.4, -0.2) is 31.4 Å². The molecule has 0 aliphatic heterocycles. The van der Waals surface area contributed by atoms with Crippen LogP contribution in [0.1, 0.15) is 11.1 Å². The second kappa shape index (κ2) is 8.23. The fourth-order valence-corrected chi connectivity index (χ4v) is 3.89. The number of anilines is 1. The van der Waals surface area contributed by atoms with Gasteiger partial charge in [0.2, 0.25) is 5.91 Å². The lowest BCUT2D eigenvalue weighted by molar-refractivity contribution is -0.113. The van der Waals surface area contributed by atoms with E-state index in [2.05, 4.69) is 20.4 Å². The summed E-state index contributed by atoms with van der Waals surface area (Å²) in [5, 5.41) is 9.51. The van der Waals surface area contributed by atoms with E-state index in [0.29, 0.717) is 15.7 Å². The van der Waals surface area contributed by atoms with Gasteiger partial charge in [0.05, 0.1) is 23.0 Å². The molecule has 0 unspecified atom stereocenters. The lowest BCUT2D eigenvalue weighted by atomic mass is 10.1. The summed E-state index contributed by atoms with van der Waals surface area (Å²) < 4.78 is 1.71. The number of thioether (sulfide) groups is 1. The van der Waals surface area contributed by atoms with E-state index in [-0.39, 0.29) is 11.7 Å². The first-order chi connectivity index (χ1) is 14.0. The zero-order chi connectivity index (χ0) is 20.4. The number of benzene rings is 2. The smallest absolute Gasteiger partial charge is 0.234 e. The van der Waals surface area contributed by atoms with E-state index >= 15 is 0 Å². The molecule has 2 aromatic heterocycles. The quantitative estimate of drug-likeness (QED) is 0.368. The third-order valence-electron chi connectivity index (χ3n) is 4.60.